The Kier molecular flexibility index (Phi) is 5.32. The smallest absolute Gasteiger partial charge is 0.00742 e. The zero-order valence-electron chi connectivity index (χ0n) is 7.41. The fourth-order valence-electron chi connectivity index (χ4n) is 0.882. The molecule has 0 fully saturated rings. The third-order valence-corrected chi connectivity index (χ3v) is 2.01. The Balaban J connectivity index is 3.68. The molecule has 0 saturated heterocycles. The first-order valence-electron chi connectivity index (χ1n) is 4.07. The van der Waals surface area contributed by atoms with Gasteiger partial charge < -0.3 is 5.73 Å². The van der Waals surface area contributed by atoms with Crippen molar-refractivity contribution in [3.8, 4) is 0 Å². The van der Waals surface area contributed by atoms with Crippen LogP contribution in [-0.4, -0.2) is 6.54 Å². The van der Waals surface area contributed by atoms with Gasteiger partial charge in [-0.2, -0.15) is 0 Å². The first-order chi connectivity index (χ1) is 4.72. The summed E-state index contributed by atoms with van der Waals surface area (Å²) in [5.41, 5.74) is 8.44. The third-order valence-electron chi connectivity index (χ3n) is 2.01. The summed E-state index contributed by atoms with van der Waals surface area (Å²) in [7, 11) is 0. The van der Waals surface area contributed by atoms with Crippen molar-refractivity contribution >= 4 is 0 Å². The summed E-state index contributed by atoms with van der Waals surface area (Å²) >= 11 is 0. The molecule has 0 radical (unpaired) electrons. The van der Waals surface area contributed by atoms with Gasteiger partial charge in [0.2, 0.25) is 0 Å². The van der Waals surface area contributed by atoms with Crippen molar-refractivity contribution in [2.75, 3.05) is 6.54 Å². The number of hydrogen-bond acceptors (Lipinski definition) is 1. The Hall–Kier alpha value is -0.300. The summed E-state index contributed by atoms with van der Waals surface area (Å²) < 4.78 is 0. The van der Waals surface area contributed by atoms with Crippen molar-refractivity contribution in [3.63, 3.8) is 0 Å². The van der Waals surface area contributed by atoms with Gasteiger partial charge in [-0.15, -0.1) is 0 Å². The molecule has 0 heterocycles. The van der Waals surface area contributed by atoms with Gasteiger partial charge in [-0.25, -0.2) is 0 Å². The predicted molar refractivity (Wildman–Crippen MR) is 47.0 cm³/mol. The number of rotatable bonds is 4. The van der Waals surface area contributed by atoms with Crippen LogP contribution in [0.2, 0.25) is 0 Å². The van der Waals surface area contributed by atoms with Gasteiger partial charge in [-0.05, 0) is 39.7 Å². The first-order valence-corrected chi connectivity index (χ1v) is 4.07. The molecular weight excluding hydrogens is 122 g/mol. The molecule has 0 bridgehead atoms. The van der Waals surface area contributed by atoms with Gasteiger partial charge in [-0.1, -0.05) is 18.1 Å². The summed E-state index contributed by atoms with van der Waals surface area (Å²) in [5, 5.41) is 0. The number of hydrogen-bond donors (Lipinski definition) is 1. The molecule has 0 unspecified atom stereocenters. The highest BCUT2D eigenvalue weighted by Gasteiger charge is 1.92. The first kappa shape index (κ1) is 9.70. The fourth-order valence-corrected chi connectivity index (χ4v) is 0.882. The van der Waals surface area contributed by atoms with Crippen molar-refractivity contribution in [2.24, 2.45) is 5.73 Å². The van der Waals surface area contributed by atoms with Crippen LogP contribution in [0.5, 0.6) is 0 Å². The second kappa shape index (κ2) is 5.48. The maximum Gasteiger partial charge on any atom is -0.00742 e. The highest BCUT2D eigenvalue weighted by atomic mass is 14.5. The Labute approximate surface area is 64.3 Å². The standard InChI is InChI=1S/C9H19N/c1-4-8(2)9(3)6-5-7-10/h4-7,10H2,1-3H3/b9-8+. The summed E-state index contributed by atoms with van der Waals surface area (Å²) in [6.45, 7) is 7.41. The normalized spacial score (nSPS) is 13.2. The maximum absolute atomic E-state index is 5.40. The molecule has 1 nitrogen and oxygen atoms in total. The lowest BCUT2D eigenvalue weighted by Crippen LogP contribution is -1.98. The Morgan fingerprint density at radius 1 is 1.20 bits per heavy atom. The van der Waals surface area contributed by atoms with Gasteiger partial charge >= 0.3 is 0 Å². The molecule has 1 heteroatoms. The van der Waals surface area contributed by atoms with Crippen LogP contribution in [0, 0.1) is 0 Å². The lowest BCUT2D eigenvalue weighted by molar-refractivity contribution is 0.808. The molecular formula is C9H19N. The molecule has 0 aromatic rings. The van der Waals surface area contributed by atoms with Gasteiger partial charge in [-0.3, -0.25) is 0 Å². The zero-order chi connectivity index (χ0) is 7.98. The van der Waals surface area contributed by atoms with E-state index in [2.05, 4.69) is 20.8 Å². The van der Waals surface area contributed by atoms with E-state index < -0.39 is 0 Å². The molecule has 60 valence electrons. The van der Waals surface area contributed by atoms with Crippen LogP contribution >= 0.6 is 0 Å². The molecule has 0 rings (SSSR count). The molecule has 0 aliphatic rings. The van der Waals surface area contributed by atoms with Crippen molar-refractivity contribution in [3.05, 3.63) is 11.1 Å². The monoisotopic (exact) mass is 141 g/mol. The molecule has 0 saturated carbocycles. The molecule has 0 aromatic carbocycles. The van der Waals surface area contributed by atoms with Crippen molar-refractivity contribution in [1.82, 2.24) is 0 Å². The van der Waals surface area contributed by atoms with E-state index in [0.29, 0.717) is 0 Å². The fraction of sp³-hybridized carbons (Fsp3) is 0.778. The summed E-state index contributed by atoms with van der Waals surface area (Å²) in [6, 6.07) is 0. The van der Waals surface area contributed by atoms with E-state index >= 15 is 0 Å². The highest BCUT2D eigenvalue weighted by molar-refractivity contribution is 5.08. The van der Waals surface area contributed by atoms with E-state index in [9.17, 15) is 0 Å². The van der Waals surface area contributed by atoms with E-state index in [1.165, 1.54) is 24.0 Å². The number of nitrogens with two attached hydrogens (primary N) is 1. The van der Waals surface area contributed by atoms with Crippen LogP contribution in [0.15, 0.2) is 11.1 Å². The van der Waals surface area contributed by atoms with Crippen molar-refractivity contribution < 1.29 is 0 Å². The summed E-state index contributed by atoms with van der Waals surface area (Å²) in [5.74, 6) is 0. The second-order valence-electron chi connectivity index (χ2n) is 2.81. The summed E-state index contributed by atoms with van der Waals surface area (Å²) in [6.07, 6.45) is 3.48. The van der Waals surface area contributed by atoms with Crippen LogP contribution in [0.25, 0.3) is 0 Å². The minimum Gasteiger partial charge on any atom is -0.330 e. The average molecular weight is 141 g/mol. The molecule has 2 N–H and O–H groups in total. The molecule has 0 spiro atoms. The minimum atomic E-state index is 0.814. The second-order valence-corrected chi connectivity index (χ2v) is 2.81. The Bertz CT molecular complexity index is 114. The van der Waals surface area contributed by atoms with E-state index in [1.54, 1.807) is 0 Å². The van der Waals surface area contributed by atoms with Crippen LogP contribution < -0.4 is 5.73 Å². The van der Waals surface area contributed by atoms with Crippen molar-refractivity contribution in [2.45, 2.75) is 40.0 Å². The quantitative estimate of drug-likeness (QED) is 0.598. The minimum absolute atomic E-state index is 0.814. The van der Waals surface area contributed by atoms with E-state index in [0.717, 1.165) is 13.0 Å². The van der Waals surface area contributed by atoms with Crippen LogP contribution in [0.1, 0.15) is 40.0 Å². The zero-order valence-corrected chi connectivity index (χ0v) is 7.41. The largest absolute Gasteiger partial charge is 0.330 e. The lowest BCUT2D eigenvalue weighted by Gasteiger charge is -2.03. The topological polar surface area (TPSA) is 26.0 Å². The van der Waals surface area contributed by atoms with Gasteiger partial charge in [0.15, 0.2) is 0 Å². The van der Waals surface area contributed by atoms with Gasteiger partial charge in [0, 0.05) is 0 Å². The van der Waals surface area contributed by atoms with Crippen LogP contribution in [0.3, 0.4) is 0 Å². The van der Waals surface area contributed by atoms with Crippen molar-refractivity contribution in [1.29, 1.82) is 0 Å². The molecule has 0 atom stereocenters. The molecule has 10 heavy (non-hydrogen) atoms. The molecule has 0 aromatic heterocycles. The number of allylic oxidation sites excluding steroid dienone is 2. The molecule has 0 aliphatic heterocycles. The van der Waals surface area contributed by atoms with Gasteiger partial charge in [0.05, 0.1) is 0 Å². The van der Waals surface area contributed by atoms with Crippen LogP contribution in [-0.2, 0) is 0 Å². The van der Waals surface area contributed by atoms with Gasteiger partial charge in [0.25, 0.3) is 0 Å². The van der Waals surface area contributed by atoms with E-state index in [4.69, 9.17) is 5.73 Å². The van der Waals surface area contributed by atoms with Crippen LogP contribution in [0.4, 0.5) is 0 Å². The van der Waals surface area contributed by atoms with Gasteiger partial charge in [0.1, 0.15) is 0 Å². The third kappa shape index (κ3) is 3.67. The lowest BCUT2D eigenvalue weighted by atomic mass is 10.0. The molecule has 0 amide bonds. The Morgan fingerprint density at radius 2 is 1.80 bits per heavy atom. The summed E-state index contributed by atoms with van der Waals surface area (Å²) in [4.78, 5) is 0. The van der Waals surface area contributed by atoms with E-state index in [1.807, 2.05) is 0 Å². The van der Waals surface area contributed by atoms with E-state index in [-0.39, 0.29) is 0 Å². The molecule has 0 aliphatic carbocycles. The highest BCUT2D eigenvalue weighted by Crippen LogP contribution is 2.11. The maximum atomic E-state index is 5.40. The predicted octanol–water partition coefficient (Wildman–Crippen LogP) is 2.47. The Morgan fingerprint density at radius 3 is 2.20 bits per heavy atom. The average Bonchev–Trinajstić information content (AvgIpc) is 1.98. The SMILES string of the molecule is CC/C(C)=C(\C)CCCN.